The van der Waals surface area contributed by atoms with Crippen molar-refractivity contribution in [3.63, 3.8) is 0 Å². The van der Waals surface area contributed by atoms with Gasteiger partial charge >= 0.3 is 5.97 Å². The van der Waals surface area contributed by atoms with Gasteiger partial charge in [0.1, 0.15) is 0 Å². The summed E-state index contributed by atoms with van der Waals surface area (Å²) in [5.41, 5.74) is 2.70. The zero-order valence-corrected chi connectivity index (χ0v) is 10.1. The average molecular weight is 262 g/mol. The van der Waals surface area contributed by atoms with Gasteiger partial charge in [0.15, 0.2) is 12.1 Å². The number of amides is 1. The van der Waals surface area contributed by atoms with Gasteiger partial charge < -0.3 is 15.3 Å². The summed E-state index contributed by atoms with van der Waals surface area (Å²) < 4.78 is 0. The molecule has 1 saturated heterocycles. The standard InChI is InChI=1S/C13H14N2O4/c16-10(9-11(17)15-19-12(9)18)14-13(6-7-13)8-4-2-1-3-5-8/h1-5,9,11,15,17H,6-7H2,(H,14,16). The number of carbonyl (C=O) groups is 2. The molecule has 6 nitrogen and oxygen atoms in total. The third kappa shape index (κ3) is 2.09. The number of benzene rings is 1. The first-order valence-electron chi connectivity index (χ1n) is 6.14. The van der Waals surface area contributed by atoms with Crippen LogP contribution in [-0.4, -0.2) is 23.2 Å². The second-order valence-corrected chi connectivity index (χ2v) is 4.90. The van der Waals surface area contributed by atoms with Crippen LogP contribution in [-0.2, 0) is 20.0 Å². The summed E-state index contributed by atoms with van der Waals surface area (Å²) in [5, 5.41) is 12.3. The van der Waals surface area contributed by atoms with E-state index in [0.717, 1.165) is 18.4 Å². The third-order valence-electron chi connectivity index (χ3n) is 3.57. The Hall–Kier alpha value is -1.92. The number of aliphatic hydroxyl groups excluding tert-OH is 1. The number of hydrogen-bond acceptors (Lipinski definition) is 5. The molecular formula is C13H14N2O4. The minimum Gasteiger partial charge on any atom is -0.374 e. The molecule has 1 aromatic carbocycles. The van der Waals surface area contributed by atoms with Gasteiger partial charge in [-0.05, 0) is 18.4 Å². The summed E-state index contributed by atoms with van der Waals surface area (Å²) in [5.74, 6) is -2.47. The monoisotopic (exact) mass is 262 g/mol. The van der Waals surface area contributed by atoms with Crippen molar-refractivity contribution >= 4 is 11.9 Å². The van der Waals surface area contributed by atoms with Crippen molar-refractivity contribution in [2.24, 2.45) is 5.92 Å². The van der Waals surface area contributed by atoms with Crippen LogP contribution in [0.4, 0.5) is 0 Å². The van der Waals surface area contributed by atoms with Crippen molar-refractivity contribution in [1.82, 2.24) is 10.8 Å². The lowest BCUT2D eigenvalue weighted by Gasteiger charge is -2.20. The van der Waals surface area contributed by atoms with Gasteiger partial charge in [-0.1, -0.05) is 30.3 Å². The van der Waals surface area contributed by atoms with E-state index < -0.39 is 29.6 Å². The van der Waals surface area contributed by atoms with Gasteiger partial charge in [-0.25, -0.2) is 4.79 Å². The van der Waals surface area contributed by atoms with E-state index in [-0.39, 0.29) is 0 Å². The molecule has 1 aliphatic carbocycles. The molecule has 1 aliphatic heterocycles. The number of nitrogens with one attached hydrogen (secondary N) is 2. The highest BCUT2D eigenvalue weighted by Gasteiger charge is 2.50. The highest BCUT2D eigenvalue weighted by molar-refractivity contribution is 5.99. The summed E-state index contributed by atoms with van der Waals surface area (Å²) in [6, 6.07) is 9.59. The third-order valence-corrected chi connectivity index (χ3v) is 3.57. The normalized spacial score (nSPS) is 27.7. The van der Waals surface area contributed by atoms with E-state index in [0.29, 0.717) is 0 Å². The van der Waals surface area contributed by atoms with Gasteiger partial charge in [-0.2, -0.15) is 0 Å². The van der Waals surface area contributed by atoms with Crippen molar-refractivity contribution in [2.75, 3.05) is 0 Å². The second-order valence-electron chi connectivity index (χ2n) is 4.90. The van der Waals surface area contributed by atoms with Crippen LogP contribution in [0.1, 0.15) is 18.4 Å². The maximum Gasteiger partial charge on any atom is 0.341 e. The quantitative estimate of drug-likeness (QED) is 0.656. The summed E-state index contributed by atoms with van der Waals surface area (Å²) >= 11 is 0. The number of aliphatic hydroxyl groups is 1. The topological polar surface area (TPSA) is 87.7 Å². The van der Waals surface area contributed by atoms with Gasteiger partial charge in [0.2, 0.25) is 5.91 Å². The van der Waals surface area contributed by atoms with Gasteiger partial charge in [0.25, 0.3) is 0 Å². The minimum atomic E-state index is -1.29. The first kappa shape index (κ1) is 12.1. The first-order chi connectivity index (χ1) is 9.12. The van der Waals surface area contributed by atoms with E-state index in [2.05, 4.69) is 15.6 Å². The predicted octanol–water partition coefficient (Wildman–Crippen LogP) is -0.212. The predicted molar refractivity (Wildman–Crippen MR) is 64.2 cm³/mol. The molecule has 2 fully saturated rings. The number of carbonyl (C=O) groups excluding carboxylic acids is 2. The maximum atomic E-state index is 12.1. The maximum absolute atomic E-state index is 12.1. The van der Waals surface area contributed by atoms with E-state index in [1.165, 1.54) is 0 Å². The molecule has 0 aromatic heterocycles. The Labute approximate surface area is 109 Å². The fourth-order valence-electron chi connectivity index (χ4n) is 2.31. The van der Waals surface area contributed by atoms with Crippen LogP contribution in [0.3, 0.4) is 0 Å². The molecule has 1 amide bonds. The summed E-state index contributed by atoms with van der Waals surface area (Å²) in [7, 11) is 0. The fraction of sp³-hybridized carbons (Fsp3) is 0.385. The molecule has 3 rings (SSSR count). The zero-order chi connectivity index (χ0) is 13.5. The highest BCUT2D eigenvalue weighted by Crippen LogP contribution is 2.45. The van der Waals surface area contributed by atoms with Gasteiger partial charge in [0, 0.05) is 0 Å². The Morgan fingerprint density at radius 3 is 2.58 bits per heavy atom. The molecule has 6 heteroatoms. The van der Waals surface area contributed by atoms with Crippen LogP contribution < -0.4 is 10.8 Å². The van der Waals surface area contributed by atoms with Crippen molar-refractivity contribution in [1.29, 1.82) is 0 Å². The molecule has 1 saturated carbocycles. The van der Waals surface area contributed by atoms with Crippen LogP contribution in [0.5, 0.6) is 0 Å². The van der Waals surface area contributed by atoms with E-state index >= 15 is 0 Å². The smallest absolute Gasteiger partial charge is 0.341 e. The lowest BCUT2D eigenvalue weighted by atomic mass is 10.0. The lowest BCUT2D eigenvalue weighted by molar-refractivity contribution is -0.148. The fourth-order valence-corrected chi connectivity index (χ4v) is 2.31. The number of hydroxylamine groups is 1. The molecular weight excluding hydrogens is 248 g/mol. The Morgan fingerprint density at radius 2 is 2.05 bits per heavy atom. The molecule has 1 heterocycles. The first-order valence-corrected chi connectivity index (χ1v) is 6.14. The van der Waals surface area contributed by atoms with Crippen molar-refractivity contribution < 1.29 is 19.5 Å². The van der Waals surface area contributed by atoms with E-state index in [4.69, 9.17) is 0 Å². The Balaban J connectivity index is 1.75. The lowest BCUT2D eigenvalue weighted by Crippen LogP contribution is -2.44. The highest BCUT2D eigenvalue weighted by atomic mass is 16.7. The van der Waals surface area contributed by atoms with Gasteiger partial charge in [-0.3, -0.25) is 4.79 Å². The molecule has 100 valence electrons. The summed E-state index contributed by atoms with van der Waals surface area (Å²) in [4.78, 5) is 27.9. The number of hydrogen-bond donors (Lipinski definition) is 3. The molecule has 2 unspecified atom stereocenters. The Bertz CT molecular complexity index is 513. The van der Waals surface area contributed by atoms with Gasteiger partial charge in [0.05, 0.1) is 5.54 Å². The largest absolute Gasteiger partial charge is 0.374 e. The average Bonchev–Trinajstić information content (AvgIpc) is 3.11. The molecule has 3 N–H and O–H groups in total. The molecule has 1 aromatic rings. The van der Waals surface area contributed by atoms with Crippen LogP contribution in [0.2, 0.25) is 0 Å². The van der Waals surface area contributed by atoms with Crippen LogP contribution in [0.15, 0.2) is 30.3 Å². The number of rotatable bonds is 3. The van der Waals surface area contributed by atoms with Crippen LogP contribution >= 0.6 is 0 Å². The molecule has 0 spiro atoms. The molecule has 19 heavy (non-hydrogen) atoms. The summed E-state index contributed by atoms with van der Waals surface area (Å²) in [6.45, 7) is 0. The van der Waals surface area contributed by atoms with Crippen molar-refractivity contribution in [3.8, 4) is 0 Å². The van der Waals surface area contributed by atoms with Crippen LogP contribution in [0.25, 0.3) is 0 Å². The SMILES string of the molecule is O=C(NC1(c2ccccc2)CC1)C1C(=O)ONC1O. The Morgan fingerprint density at radius 1 is 1.37 bits per heavy atom. The van der Waals surface area contributed by atoms with E-state index in [1.54, 1.807) is 0 Å². The molecule has 2 aliphatic rings. The van der Waals surface area contributed by atoms with E-state index in [9.17, 15) is 14.7 Å². The summed E-state index contributed by atoms with van der Waals surface area (Å²) in [6.07, 6.45) is 0.362. The van der Waals surface area contributed by atoms with Gasteiger partial charge in [-0.15, -0.1) is 5.48 Å². The molecule has 0 bridgehead atoms. The van der Waals surface area contributed by atoms with Crippen LogP contribution in [0, 0.1) is 5.92 Å². The van der Waals surface area contributed by atoms with Crippen molar-refractivity contribution in [2.45, 2.75) is 24.6 Å². The molecule has 2 atom stereocenters. The Kier molecular flexibility index (Phi) is 2.76. The van der Waals surface area contributed by atoms with E-state index in [1.807, 2.05) is 30.3 Å². The molecule has 0 radical (unpaired) electrons. The zero-order valence-electron chi connectivity index (χ0n) is 10.1. The second kappa shape index (κ2) is 4.32. The minimum absolute atomic E-state index is 0.402. The van der Waals surface area contributed by atoms with Crippen molar-refractivity contribution in [3.05, 3.63) is 35.9 Å².